The predicted octanol–water partition coefficient (Wildman–Crippen LogP) is 3.18. The highest BCUT2D eigenvalue weighted by Crippen LogP contribution is 2.30. The van der Waals surface area contributed by atoms with Crippen LogP contribution >= 0.6 is 0 Å². The molecule has 0 N–H and O–H groups in total. The fourth-order valence-electron chi connectivity index (χ4n) is 2.24. The number of hydrogen-bond acceptors (Lipinski definition) is 1. The molecule has 1 aliphatic heterocycles. The van der Waals surface area contributed by atoms with Gasteiger partial charge in [0.1, 0.15) is 0 Å². The lowest BCUT2D eigenvalue weighted by molar-refractivity contribution is 0.710. The molecule has 1 nitrogen and oxygen atoms in total. The lowest BCUT2D eigenvalue weighted by Crippen LogP contribution is -2.22. The lowest BCUT2D eigenvalue weighted by Gasteiger charge is -2.21. The molecule has 0 radical (unpaired) electrons. The zero-order valence-electron chi connectivity index (χ0n) is 9.12. The molecule has 1 aromatic rings. The maximum atomic E-state index is 2.36. The second-order valence-electron chi connectivity index (χ2n) is 4.22. The first kappa shape index (κ1) is 9.32. The van der Waals surface area contributed by atoms with E-state index in [1.165, 1.54) is 16.8 Å². The van der Waals surface area contributed by atoms with Gasteiger partial charge in [-0.2, -0.15) is 0 Å². The van der Waals surface area contributed by atoms with E-state index in [0.29, 0.717) is 5.92 Å². The molecule has 1 unspecified atom stereocenters. The average Bonchev–Trinajstić information content (AvgIpc) is 2.26. The Labute approximate surface area is 86.1 Å². The van der Waals surface area contributed by atoms with E-state index in [-0.39, 0.29) is 0 Å². The van der Waals surface area contributed by atoms with Crippen LogP contribution in [-0.2, 0) is 0 Å². The van der Waals surface area contributed by atoms with Crippen molar-refractivity contribution in [3.05, 3.63) is 35.9 Å². The van der Waals surface area contributed by atoms with Crippen LogP contribution in [0, 0.1) is 5.92 Å². The topological polar surface area (TPSA) is 3.24 Å². The van der Waals surface area contributed by atoms with Gasteiger partial charge in [0.25, 0.3) is 0 Å². The van der Waals surface area contributed by atoms with Crippen molar-refractivity contribution in [3.63, 3.8) is 0 Å². The molecule has 1 atom stereocenters. The quantitative estimate of drug-likeness (QED) is 0.603. The van der Waals surface area contributed by atoms with E-state index < -0.39 is 0 Å². The summed E-state index contributed by atoms with van der Waals surface area (Å²) >= 11 is 0. The molecule has 1 heterocycles. The van der Waals surface area contributed by atoms with Gasteiger partial charge in [-0.1, -0.05) is 31.2 Å². The third-order valence-corrected chi connectivity index (χ3v) is 2.84. The Morgan fingerprint density at radius 1 is 1.29 bits per heavy atom. The summed E-state index contributed by atoms with van der Waals surface area (Å²) in [6, 6.07) is 8.62. The average molecular weight is 187 g/mol. The van der Waals surface area contributed by atoms with E-state index in [9.17, 15) is 0 Å². The van der Waals surface area contributed by atoms with Gasteiger partial charge in [0.2, 0.25) is 0 Å². The summed E-state index contributed by atoms with van der Waals surface area (Å²) in [6.07, 6.45) is 2.36. The second kappa shape index (κ2) is 3.49. The van der Waals surface area contributed by atoms with Crippen LogP contribution < -0.4 is 4.90 Å². The molecule has 1 heteroatoms. The molecule has 1 aliphatic rings. The first-order chi connectivity index (χ1) is 6.68. The van der Waals surface area contributed by atoms with Gasteiger partial charge in [0.05, 0.1) is 0 Å². The summed E-state index contributed by atoms with van der Waals surface area (Å²) in [4.78, 5) is 2.34. The van der Waals surface area contributed by atoms with Gasteiger partial charge in [0, 0.05) is 24.8 Å². The number of para-hydroxylation sites is 1. The lowest BCUT2D eigenvalue weighted by atomic mass is 10.0. The fraction of sp³-hybridized carbons (Fsp3) is 0.385. The van der Waals surface area contributed by atoms with Crippen molar-refractivity contribution in [2.45, 2.75) is 13.8 Å². The van der Waals surface area contributed by atoms with Crippen LogP contribution in [0.25, 0.3) is 5.57 Å². The molecular formula is C13H17N. The summed E-state index contributed by atoms with van der Waals surface area (Å²) in [7, 11) is 2.17. The van der Waals surface area contributed by atoms with Gasteiger partial charge in [-0.3, -0.25) is 0 Å². The summed E-state index contributed by atoms with van der Waals surface area (Å²) in [5.74, 6) is 0.632. The number of anilines is 1. The molecule has 1 aromatic carbocycles. The Hall–Kier alpha value is -1.24. The van der Waals surface area contributed by atoms with E-state index in [4.69, 9.17) is 0 Å². The minimum Gasteiger partial charge on any atom is -0.374 e. The van der Waals surface area contributed by atoms with E-state index in [0.717, 1.165) is 6.54 Å². The van der Waals surface area contributed by atoms with E-state index in [2.05, 4.69) is 56.1 Å². The number of hydrogen-bond donors (Lipinski definition) is 0. The Balaban J connectivity index is 2.54. The van der Waals surface area contributed by atoms with Crippen LogP contribution in [0.1, 0.15) is 19.4 Å². The standard InChI is InChI=1S/C13H17N/c1-10-8-11(2)12-6-4-5-7-13(12)14(3)9-10/h4-8,10H,9H2,1-3H3. The zero-order chi connectivity index (χ0) is 10.1. The first-order valence-corrected chi connectivity index (χ1v) is 5.17. The van der Waals surface area contributed by atoms with Crippen molar-refractivity contribution < 1.29 is 0 Å². The molecule has 0 saturated carbocycles. The molecule has 2 rings (SSSR count). The monoisotopic (exact) mass is 187 g/mol. The summed E-state index contributed by atoms with van der Waals surface area (Å²) < 4.78 is 0. The first-order valence-electron chi connectivity index (χ1n) is 5.17. The Kier molecular flexibility index (Phi) is 2.32. The highest BCUT2D eigenvalue weighted by atomic mass is 15.1. The minimum absolute atomic E-state index is 0.632. The molecule has 0 amide bonds. The van der Waals surface area contributed by atoms with Gasteiger partial charge in [-0.15, -0.1) is 0 Å². The van der Waals surface area contributed by atoms with Gasteiger partial charge in [0.15, 0.2) is 0 Å². The van der Waals surface area contributed by atoms with Crippen LogP contribution in [0.4, 0.5) is 5.69 Å². The van der Waals surface area contributed by atoms with E-state index in [1.54, 1.807) is 0 Å². The normalized spacial score (nSPS) is 21.2. The fourth-order valence-corrected chi connectivity index (χ4v) is 2.24. The zero-order valence-corrected chi connectivity index (χ0v) is 9.12. The minimum atomic E-state index is 0.632. The molecule has 0 aromatic heterocycles. The maximum Gasteiger partial charge on any atom is 0.0439 e. The number of nitrogens with zero attached hydrogens (tertiary/aromatic N) is 1. The molecular weight excluding hydrogens is 170 g/mol. The Bertz CT molecular complexity index is 365. The van der Waals surface area contributed by atoms with Gasteiger partial charge in [-0.25, -0.2) is 0 Å². The van der Waals surface area contributed by atoms with Crippen LogP contribution in [0.2, 0.25) is 0 Å². The highest BCUT2D eigenvalue weighted by Gasteiger charge is 2.14. The van der Waals surface area contributed by atoms with Crippen molar-refractivity contribution in [2.75, 3.05) is 18.5 Å². The van der Waals surface area contributed by atoms with Crippen LogP contribution in [0.3, 0.4) is 0 Å². The molecule has 0 fully saturated rings. The van der Waals surface area contributed by atoms with Crippen LogP contribution in [-0.4, -0.2) is 13.6 Å². The predicted molar refractivity (Wildman–Crippen MR) is 62.5 cm³/mol. The van der Waals surface area contributed by atoms with Crippen LogP contribution in [0.15, 0.2) is 30.3 Å². The van der Waals surface area contributed by atoms with Crippen LogP contribution in [0.5, 0.6) is 0 Å². The van der Waals surface area contributed by atoms with Crippen molar-refractivity contribution in [1.29, 1.82) is 0 Å². The van der Waals surface area contributed by atoms with Crippen molar-refractivity contribution in [2.24, 2.45) is 5.92 Å². The third-order valence-electron chi connectivity index (χ3n) is 2.84. The van der Waals surface area contributed by atoms with Gasteiger partial charge < -0.3 is 4.90 Å². The molecule has 0 aliphatic carbocycles. The third kappa shape index (κ3) is 1.54. The van der Waals surface area contributed by atoms with Crippen molar-refractivity contribution >= 4 is 11.3 Å². The molecule has 74 valence electrons. The van der Waals surface area contributed by atoms with E-state index in [1.807, 2.05) is 0 Å². The summed E-state index contributed by atoms with van der Waals surface area (Å²) in [5.41, 5.74) is 4.13. The Morgan fingerprint density at radius 2 is 2.00 bits per heavy atom. The highest BCUT2D eigenvalue weighted by molar-refractivity contribution is 5.77. The maximum absolute atomic E-state index is 2.36. The Morgan fingerprint density at radius 3 is 2.79 bits per heavy atom. The largest absolute Gasteiger partial charge is 0.374 e. The molecule has 14 heavy (non-hydrogen) atoms. The van der Waals surface area contributed by atoms with Crippen molar-refractivity contribution in [3.8, 4) is 0 Å². The molecule has 0 bridgehead atoms. The van der Waals surface area contributed by atoms with Crippen molar-refractivity contribution in [1.82, 2.24) is 0 Å². The van der Waals surface area contributed by atoms with Gasteiger partial charge in [-0.05, 0) is 24.5 Å². The number of rotatable bonds is 0. The van der Waals surface area contributed by atoms with E-state index >= 15 is 0 Å². The number of benzene rings is 1. The molecule has 0 saturated heterocycles. The molecule has 0 spiro atoms. The second-order valence-corrected chi connectivity index (χ2v) is 4.22. The number of allylic oxidation sites excluding steroid dienone is 1. The number of fused-ring (bicyclic) bond motifs is 1. The summed E-state index contributed by atoms with van der Waals surface area (Å²) in [5, 5.41) is 0. The SMILES string of the molecule is CC1=CC(C)CN(C)c2ccccc21. The summed E-state index contributed by atoms with van der Waals surface area (Å²) in [6.45, 7) is 5.58. The van der Waals surface area contributed by atoms with Gasteiger partial charge >= 0.3 is 0 Å². The smallest absolute Gasteiger partial charge is 0.0439 e.